The van der Waals surface area contributed by atoms with Crippen LogP contribution in [0.25, 0.3) is 0 Å². The topological polar surface area (TPSA) is 110 Å². The Hall–Kier alpha value is -3.76. The Balaban J connectivity index is 1.42. The minimum atomic E-state index is -1.68. The van der Waals surface area contributed by atoms with Crippen molar-refractivity contribution in [2.45, 2.75) is 62.5 Å². The first-order valence-corrected chi connectivity index (χ1v) is 14.9. The first kappa shape index (κ1) is 29.3. The highest BCUT2D eigenvalue weighted by Crippen LogP contribution is 2.67. The van der Waals surface area contributed by atoms with Gasteiger partial charge in [0.05, 0.1) is 26.8 Å². The van der Waals surface area contributed by atoms with Crippen LogP contribution in [-0.2, 0) is 26.3 Å². The van der Waals surface area contributed by atoms with Crippen molar-refractivity contribution in [2.24, 2.45) is 5.41 Å². The number of alkyl carbamates (subject to hydrolysis) is 1. The van der Waals surface area contributed by atoms with Crippen molar-refractivity contribution in [3.8, 4) is 11.5 Å². The lowest BCUT2D eigenvalue weighted by molar-refractivity contribution is -0.217. The number of methoxy groups -OCH3 is 2. The number of rotatable bonds is 8. The van der Waals surface area contributed by atoms with Crippen LogP contribution in [0.3, 0.4) is 0 Å². The van der Waals surface area contributed by atoms with Gasteiger partial charge >= 0.3 is 12.1 Å². The predicted octanol–water partition coefficient (Wildman–Crippen LogP) is 3.40. The molecule has 4 aliphatic rings. The van der Waals surface area contributed by atoms with Gasteiger partial charge in [0.1, 0.15) is 29.8 Å². The molecule has 1 unspecified atom stereocenters. The zero-order chi connectivity index (χ0) is 30.6. The summed E-state index contributed by atoms with van der Waals surface area (Å²) >= 11 is 0. The van der Waals surface area contributed by atoms with Gasteiger partial charge in [0.15, 0.2) is 0 Å². The van der Waals surface area contributed by atoms with Crippen molar-refractivity contribution in [1.82, 2.24) is 10.2 Å². The van der Waals surface area contributed by atoms with Gasteiger partial charge in [-0.15, -0.1) is 0 Å². The summed E-state index contributed by atoms with van der Waals surface area (Å²) in [5.41, 5.74) is -0.0475. The average molecular weight is 592 g/mol. The molecule has 2 fully saturated rings. The van der Waals surface area contributed by atoms with Gasteiger partial charge in [-0.1, -0.05) is 43.3 Å². The molecule has 2 aromatic rings. The number of fused-ring (bicyclic) bond motifs is 1. The number of esters is 1. The number of para-hydroxylation sites is 1. The van der Waals surface area contributed by atoms with Gasteiger partial charge in [-0.05, 0) is 37.1 Å². The highest BCUT2D eigenvalue weighted by atomic mass is 16.6. The lowest BCUT2D eigenvalue weighted by Crippen LogP contribution is -2.81. The fraction of sp³-hybridized carbons (Fsp3) is 0.515. The molecule has 1 spiro atoms. The van der Waals surface area contributed by atoms with Gasteiger partial charge in [0.25, 0.3) is 0 Å². The fourth-order valence-electron chi connectivity index (χ4n) is 8.87. The van der Waals surface area contributed by atoms with E-state index < -0.39 is 40.6 Å². The van der Waals surface area contributed by atoms with E-state index in [4.69, 9.17) is 18.9 Å². The number of carbonyl (C=O) groups is 2. The highest BCUT2D eigenvalue weighted by molar-refractivity contribution is 5.72. The standard InChI is InChI=1S/C33H41N3O7/c1-6-31-14-9-16-36-17-15-32(27(31)36)24-13-12-23(40-4)18-25(24)35(3)28(32)33(39,29(31)43-21(2)37)20-34-30(38)42-19-22-10-7-8-11-26(22)41-5/h7-14,18,27-29,39H,6,15-17,19-20H2,1-5H3,(H,34,38)/t27-,28+,29+,31+,32+,33?/m0/s1. The third kappa shape index (κ3) is 4.21. The third-order valence-electron chi connectivity index (χ3n) is 10.3. The van der Waals surface area contributed by atoms with Crippen molar-refractivity contribution in [2.75, 3.05) is 45.8 Å². The molecule has 10 heteroatoms. The summed E-state index contributed by atoms with van der Waals surface area (Å²) < 4.78 is 22.7. The van der Waals surface area contributed by atoms with Gasteiger partial charge in [-0.25, -0.2) is 4.79 Å². The highest BCUT2D eigenvalue weighted by Gasteiger charge is 2.77. The summed E-state index contributed by atoms with van der Waals surface area (Å²) in [6, 6.07) is 12.9. The Kier molecular flexibility index (Phi) is 7.33. The minimum Gasteiger partial charge on any atom is -0.497 e. The Morgan fingerprint density at radius 3 is 2.63 bits per heavy atom. The van der Waals surface area contributed by atoms with E-state index in [9.17, 15) is 14.7 Å². The third-order valence-corrected chi connectivity index (χ3v) is 10.3. The Morgan fingerprint density at radius 2 is 1.91 bits per heavy atom. The minimum absolute atomic E-state index is 0.00117. The van der Waals surface area contributed by atoms with Crippen LogP contribution in [0, 0.1) is 5.41 Å². The molecule has 2 N–H and O–H groups in total. The number of aliphatic hydroxyl groups is 1. The number of hydrogen-bond acceptors (Lipinski definition) is 9. The van der Waals surface area contributed by atoms with E-state index in [1.807, 2.05) is 37.4 Å². The maximum absolute atomic E-state index is 13.1. The normalized spacial score (nSPS) is 32.0. The van der Waals surface area contributed by atoms with Crippen LogP contribution in [0.1, 0.15) is 37.8 Å². The van der Waals surface area contributed by atoms with Crippen molar-refractivity contribution >= 4 is 17.7 Å². The molecule has 0 bridgehead atoms. The smallest absolute Gasteiger partial charge is 0.407 e. The Labute approximate surface area is 252 Å². The van der Waals surface area contributed by atoms with E-state index in [0.717, 1.165) is 42.1 Å². The first-order chi connectivity index (χ1) is 20.7. The van der Waals surface area contributed by atoms with E-state index >= 15 is 0 Å². The van der Waals surface area contributed by atoms with Gasteiger partial charge < -0.3 is 34.3 Å². The van der Waals surface area contributed by atoms with E-state index in [2.05, 4.69) is 40.3 Å². The summed E-state index contributed by atoms with van der Waals surface area (Å²) in [4.78, 5) is 30.4. The zero-order valence-electron chi connectivity index (χ0n) is 25.5. The molecule has 230 valence electrons. The molecule has 1 aliphatic carbocycles. The summed E-state index contributed by atoms with van der Waals surface area (Å²) in [6.07, 6.45) is 4.09. The van der Waals surface area contributed by atoms with Crippen LogP contribution in [-0.4, -0.2) is 86.8 Å². The molecule has 6 atom stereocenters. The van der Waals surface area contributed by atoms with Gasteiger partial charge in [-0.3, -0.25) is 9.69 Å². The molecule has 6 rings (SSSR count). The molecule has 1 amide bonds. The Morgan fingerprint density at radius 1 is 1.12 bits per heavy atom. The fourth-order valence-corrected chi connectivity index (χ4v) is 8.87. The van der Waals surface area contributed by atoms with E-state index in [-0.39, 0.29) is 19.2 Å². The summed E-state index contributed by atoms with van der Waals surface area (Å²) in [7, 11) is 5.17. The van der Waals surface area contributed by atoms with Crippen molar-refractivity contribution in [3.05, 3.63) is 65.7 Å². The largest absolute Gasteiger partial charge is 0.497 e. The number of benzene rings is 2. The molecule has 1 saturated heterocycles. The number of carbonyl (C=O) groups excluding carboxylic acids is 2. The molecule has 1 saturated carbocycles. The maximum Gasteiger partial charge on any atom is 0.407 e. The van der Waals surface area contributed by atoms with Crippen molar-refractivity contribution in [3.63, 3.8) is 0 Å². The summed E-state index contributed by atoms with van der Waals surface area (Å²) in [6.45, 7) is 4.90. The molecule has 3 aliphatic heterocycles. The quantitative estimate of drug-likeness (QED) is 0.353. The second kappa shape index (κ2) is 10.7. The maximum atomic E-state index is 13.1. The number of nitrogens with zero attached hydrogens (tertiary/aromatic N) is 2. The average Bonchev–Trinajstić information content (AvgIpc) is 3.53. The molecular formula is C33H41N3O7. The van der Waals surface area contributed by atoms with Crippen LogP contribution in [0.15, 0.2) is 54.6 Å². The zero-order valence-corrected chi connectivity index (χ0v) is 25.5. The molecule has 2 aromatic carbocycles. The molecule has 3 heterocycles. The molecule has 10 nitrogen and oxygen atoms in total. The first-order valence-electron chi connectivity index (χ1n) is 14.9. The molecule has 43 heavy (non-hydrogen) atoms. The monoisotopic (exact) mass is 591 g/mol. The van der Waals surface area contributed by atoms with Crippen LogP contribution in [0.2, 0.25) is 0 Å². The molecule has 0 aromatic heterocycles. The van der Waals surface area contributed by atoms with Crippen molar-refractivity contribution < 1.29 is 33.6 Å². The van der Waals surface area contributed by atoms with Gasteiger partial charge in [0, 0.05) is 54.7 Å². The SMILES string of the molecule is CC[C@]12C=CCN3CC[C@@]4(c5ccc(OC)cc5N(C)[C@H]4C(O)(CNC(=O)OCc4ccccc4OC)[C@@H]1OC(C)=O)[C@@H]32. The number of nitrogens with one attached hydrogen (secondary N) is 1. The number of hydrogen-bond donors (Lipinski definition) is 2. The van der Waals surface area contributed by atoms with E-state index in [1.165, 1.54) is 6.92 Å². The van der Waals surface area contributed by atoms with Crippen LogP contribution in [0.5, 0.6) is 11.5 Å². The number of amides is 1. The summed E-state index contributed by atoms with van der Waals surface area (Å²) in [5.74, 6) is 0.856. The molecule has 0 radical (unpaired) electrons. The van der Waals surface area contributed by atoms with Crippen LogP contribution >= 0.6 is 0 Å². The van der Waals surface area contributed by atoms with Gasteiger partial charge in [0.2, 0.25) is 0 Å². The summed E-state index contributed by atoms with van der Waals surface area (Å²) in [5, 5.41) is 15.9. The lowest BCUT2D eigenvalue weighted by atomic mass is 9.47. The van der Waals surface area contributed by atoms with E-state index in [0.29, 0.717) is 12.2 Å². The Bertz CT molecular complexity index is 1450. The van der Waals surface area contributed by atoms with Crippen LogP contribution < -0.4 is 19.7 Å². The predicted molar refractivity (Wildman–Crippen MR) is 160 cm³/mol. The van der Waals surface area contributed by atoms with E-state index in [1.54, 1.807) is 20.3 Å². The van der Waals surface area contributed by atoms with Crippen molar-refractivity contribution in [1.29, 1.82) is 0 Å². The number of ether oxygens (including phenoxy) is 4. The number of anilines is 1. The second-order valence-corrected chi connectivity index (χ2v) is 12.2. The molecular weight excluding hydrogens is 550 g/mol. The lowest BCUT2D eigenvalue weighted by Gasteiger charge is -2.64. The van der Waals surface area contributed by atoms with Gasteiger partial charge in [-0.2, -0.15) is 0 Å². The number of likely N-dealkylation sites (N-methyl/N-ethyl adjacent to an activating group) is 1. The second-order valence-electron chi connectivity index (χ2n) is 12.2. The van der Waals surface area contributed by atoms with Crippen LogP contribution in [0.4, 0.5) is 10.5 Å².